The molecule has 2 aliphatic heterocycles. The van der Waals surface area contributed by atoms with Crippen LogP contribution in [0.1, 0.15) is 24.8 Å². The Bertz CT molecular complexity index is 392. The quantitative estimate of drug-likeness (QED) is 0.796. The molecule has 2 aliphatic rings. The van der Waals surface area contributed by atoms with Gasteiger partial charge >= 0.3 is 0 Å². The second-order valence-electron chi connectivity index (χ2n) is 4.53. The Labute approximate surface area is 96.2 Å². The Morgan fingerprint density at radius 2 is 2.38 bits per heavy atom. The molecule has 0 radical (unpaired) electrons. The van der Waals surface area contributed by atoms with E-state index in [9.17, 15) is 0 Å². The van der Waals surface area contributed by atoms with E-state index in [4.69, 9.17) is 4.74 Å². The van der Waals surface area contributed by atoms with E-state index in [0.29, 0.717) is 12.0 Å². The molecule has 3 nitrogen and oxygen atoms in total. The van der Waals surface area contributed by atoms with Gasteiger partial charge in [-0.2, -0.15) is 0 Å². The van der Waals surface area contributed by atoms with Crippen LogP contribution >= 0.6 is 0 Å². The van der Waals surface area contributed by atoms with Crippen LogP contribution in [0.15, 0.2) is 18.2 Å². The second kappa shape index (κ2) is 3.98. The summed E-state index contributed by atoms with van der Waals surface area (Å²) in [5.74, 6) is 1.61. The third kappa shape index (κ3) is 1.55. The molecule has 0 amide bonds. The molecule has 2 atom stereocenters. The van der Waals surface area contributed by atoms with Crippen molar-refractivity contribution in [1.82, 2.24) is 5.32 Å². The van der Waals surface area contributed by atoms with Gasteiger partial charge in [0.05, 0.1) is 6.61 Å². The van der Waals surface area contributed by atoms with Crippen molar-refractivity contribution in [2.75, 3.05) is 25.0 Å². The highest BCUT2D eigenvalue weighted by Crippen LogP contribution is 2.39. The van der Waals surface area contributed by atoms with Gasteiger partial charge < -0.3 is 15.4 Å². The maximum absolute atomic E-state index is 5.56. The fourth-order valence-electron chi connectivity index (χ4n) is 2.79. The molecule has 0 spiro atoms. The number of nitrogens with one attached hydrogen (secondary N) is 2. The summed E-state index contributed by atoms with van der Waals surface area (Å²) in [4.78, 5) is 0. The van der Waals surface area contributed by atoms with Gasteiger partial charge in [0.2, 0.25) is 0 Å². The van der Waals surface area contributed by atoms with Crippen LogP contribution in [0.5, 0.6) is 5.75 Å². The van der Waals surface area contributed by atoms with Gasteiger partial charge in [-0.3, -0.25) is 0 Å². The summed E-state index contributed by atoms with van der Waals surface area (Å²) in [7, 11) is 0. The van der Waals surface area contributed by atoms with Crippen molar-refractivity contribution in [2.45, 2.75) is 25.3 Å². The third-order valence-corrected chi connectivity index (χ3v) is 3.56. The Balaban J connectivity index is 1.91. The minimum absolute atomic E-state index is 0.615. The Morgan fingerprint density at radius 3 is 3.25 bits per heavy atom. The van der Waals surface area contributed by atoms with Gasteiger partial charge in [-0.25, -0.2) is 0 Å². The van der Waals surface area contributed by atoms with Gasteiger partial charge in [-0.15, -0.1) is 0 Å². The number of benzene rings is 1. The number of hydrogen-bond donors (Lipinski definition) is 2. The predicted octanol–water partition coefficient (Wildman–Crippen LogP) is 1.96. The third-order valence-electron chi connectivity index (χ3n) is 3.56. The first-order valence-electron chi connectivity index (χ1n) is 6.12. The second-order valence-corrected chi connectivity index (χ2v) is 4.53. The SMILES string of the molecule is CCOc1ccc2c(c1)C1CNCCC1N2. The van der Waals surface area contributed by atoms with Crippen molar-refractivity contribution in [2.24, 2.45) is 0 Å². The number of piperidine rings is 1. The zero-order valence-corrected chi connectivity index (χ0v) is 9.62. The number of hydrogen-bond acceptors (Lipinski definition) is 3. The first-order valence-corrected chi connectivity index (χ1v) is 6.12. The van der Waals surface area contributed by atoms with Crippen molar-refractivity contribution in [3.63, 3.8) is 0 Å². The monoisotopic (exact) mass is 218 g/mol. The zero-order valence-electron chi connectivity index (χ0n) is 9.62. The van der Waals surface area contributed by atoms with Gasteiger partial charge in [-0.1, -0.05) is 0 Å². The number of anilines is 1. The highest BCUT2D eigenvalue weighted by Gasteiger charge is 2.33. The lowest BCUT2D eigenvalue weighted by Gasteiger charge is -2.26. The van der Waals surface area contributed by atoms with E-state index in [0.717, 1.165) is 25.4 Å². The summed E-state index contributed by atoms with van der Waals surface area (Å²) in [6, 6.07) is 7.02. The van der Waals surface area contributed by atoms with Crippen LogP contribution in [0.3, 0.4) is 0 Å². The van der Waals surface area contributed by atoms with Crippen molar-refractivity contribution < 1.29 is 4.74 Å². The molecule has 2 N–H and O–H groups in total. The molecule has 0 aromatic heterocycles. The molecule has 1 saturated heterocycles. The molecular weight excluding hydrogens is 200 g/mol. The van der Waals surface area contributed by atoms with Gasteiger partial charge in [0.1, 0.15) is 5.75 Å². The van der Waals surface area contributed by atoms with Crippen LogP contribution in [-0.2, 0) is 0 Å². The van der Waals surface area contributed by atoms with Crippen molar-refractivity contribution in [3.8, 4) is 5.75 Å². The van der Waals surface area contributed by atoms with Crippen LogP contribution in [0.4, 0.5) is 5.69 Å². The molecule has 2 unspecified atom stereocenters. The molecule has 0 saturated carbocycles. The number of rotatable bonds is 2. The molecule has 16 heavy (non-hydrogen) atoms. The van der Waals surface area contributed by atoms with E-state index < -0.39 is 0 Å². The molecular formula is C13H18N2O. The summed E-state index contributed by atoms with van der Waals surface area (Å²) in [5, 5.41) is 7.08. The maximum Gasteiger partial charge on any atom is 0.119 e. The standard InChI is InChI=1S/C13H18N2O/c1-2-16-9-3-4-12-10(7-9)11-8-14-6-5-13(11)15-12/h3-4,7,11,13-15H,2,5-6,8H2,1H3. The van der Waals surface area contributed by atoms with Crippen LogP contribution < -0.4 is 15.4 Å². The topological polar surface area (TPSA) is 33.3 Å². The number of ether oxygens (including phenoxy) is 1. The average molecular weight is 218 g/mol. The van der Waals surface area contributed by atoms with Gasteiger partial charge in [0.25, 0.3) is 0 Å². The Kier molecular flexibility index (Phi) is 2.48. The largest absolute Gasteiger partial charge is 0.494 e. The smallest absolute Gasteiger partial charge is 0.119 e. The lowest BCUT2D eigenvalue weighted by Crippen LogP contribution is -2.38. The first kappa shape index (κ1) is 9.97. The minimum atomic E-state index is 0.615. The van der Waals surface area contributed by atoms with E-state index in [1.807, 2.05) is 6.92 Å². The first-order chi connectivity index (χ1) is 7.88. The average Bonchev–Trinajstić information content (AvgIpc) is 2.68. The fourth-order valence-corrected chi connectivity index (χ4v) is 2.79. The molecule has 3 rings (SSSR count). The Morgan fingerprint density at radius 1 is 1.44 bits per heavy atom. The molecule has 0 bridgehead atoms. The van der Waals surface area contributed by atoms with Crippen LogP contribution in [-0.4, -0.2) is 25.7 Å². The lowest BCUT2D eigenvalue weighted by atomic mass is 9.90. The highest BCUT2D eigenvalue weighted by molar-refractivity contribution is 5.62. The molecule has 1 aromatic rings. The van der Waals surface area contributed by atoms with E-state index in [2.05, 4.69) is 28.8 Å². The van der Waals surface area contributed by atoms with E-state index in [1.165, 1.54) is 17.7 Å². The van der Waals surface area contributed by atoms with Gasteiger partial charge in [-0.05, 0) is 43.7 Å². The molecule has 1 fully saturated rings. The van der Waals surface area contributed by atoms with E-state index in [1.54, 1.807) is 0 Å². The highest BCUT2D eigenvalue weighted by atomic mass is 16.5. The van der Waals surface area contributed by atoms with Crippen LogP contribution in [0, 0.1) is 0 Å². The zero-order chi connectivity index (χ0) is 11.0. The number of fused-ring (bicyclic) bond motifs is 3. The van der Waals surface area contributed by atoms with E-state index >= 15 is 0 Å². The summed E-state index contributed by atoms with van der Waals surface area (Å²) < 4.78 is 5.56. The molecule has 1 aromatic carbocycles. The molecule has 2 heterocycles. The predicted molar refractivity (Wildman–Crippen MR) is 65.2 cm³/mol. The molecule has 3 heteroatoms. The Hall–Kier alpha value is -1.22. The summed E-state index contributed by atoms with van der Waals surface area (Å²) >= 11 is 0. The minimum Gasteiger partial charge on any atom is -0.494 e. The van der Waals surface area contributed by atoms with Gasteiger partial charge in [0, 0.05) is 24.2 Å². The van der Waals surface area contributed by atoms with Crippen molar-refractivity contribution in [3.05, 3.63) is 23.8 Å². The summed E-state index contributed by atoms with van der Waals surface area (Å²) in [6.07, 6.45) is 1.21. The lowest BCUT2D eigenvalue weighted by molar-refractivity contribution is 0.339. The maximum atomic E-state index is 5.56. The van der Waals surface area contributed by atoms with Gasteiger partial charge in [0.15, 0.2) is 0 Å². The molecule has 86 valence electrons. The van der Waals surface area contributed by atoms with Crippen LogP contribution in [0.25, 0.3) is 0 Å². The van der Waals surface area contributed by atoms with Crippen molar-refractivity contribution in [1.29, 1.82) is 0 Å². The van der Waals surface area contributed by atoms with Crippen molar-refractivity contribution >= 4 is 5.69 Å². The van der Waals surface area contributed by atoms with Crippen LogP contribution in [0.2, 0.25) is 0 Å². The normalized spacial score (nSPS) is 26.8. The summed E-state index contributed by atoms with van der Waals surface area (Å²) in [5.41, 5.74) is 2.71. The summed E-state index contributed by atoms with van der Waals surface area (Å²) in [6.45, 7) is 4.97. The molecule has 0 aliphatic carbocycles. The fraction of sp³-hybridized carbons (Fsp3) is 0.538. The van der Waals surface area contributed by atoms with E-state index in [-0.39, 0.29) is 0 Å².